The standard InChI is InChI=1S/C18H25F3N4O2/c1-13(2)22-17(26)25-11-15(12-25)24-9-7-23(8-10-24)14-3-5-16(6-4-14)27-18(19,20)21/h3-6,13,15H,7-12H2,1-2H3,(H,22,26). The van der Waals surface area contributed by atoms with Gasteiger partial charge in [0, 0.05) is 57.0 Å². The molecular weight excluding hydrogens is 361 g/mol. The van der Waals surface area contributed by atoms with Crippen LogP contribution in [0.15, 0.2) is 24.3 Å². The first-order chi connectivity index (χ1) is 12.7. The van der Waals surface area contributed by atoms with E-state index in [1.165, 1.54) is 12.1 Å². The molecule has 2 aliphatic rings. The van der Waals surface area contributed by atoms with Gasteiger partial charge in [0.1, 0.15) is 5.75 Å². The first-order valence-electron chi connectivity index (χ1n) is 9.11. The molecule has 2 saturated heterocycles. The molecule has 0 unspecified atom stereocenters. The molecule has 150 valence electrons. The Morgan fingerprint density at radius 3 is 2.22 bits per heavy atom. The van der Waals surface area contributed by atoms with Crippen LogP contribution in [0.3, 0.4) is 0 Å². The molecule has 6 nitrogen and oxygen atoms in total. The summed E-state index contributed by atoms with van der Waals surface area (Å²) >= 11 is 0. The first-order valence-corrected chi connectivity index (χ1v) is 9.11. The molecule has 0 bridgehead atoms. The molecule has 9 heteroatoms. The summed E-state index contributed by atoms with van der Waals surface area (Å²) in [5, 5.41) is 2.89. The fraction of sp³-hybridized carbons (Fsp3) is 0.611. The van der Waals surface area contributed by atoms with E-state index in [9.17, 15) is 18.0 Å². The number of ether oxygens (including phenoxy) is 1. The topological polar surface area (TPSA) is 48.1 Å². The summed E-state index contributed by atoms with van der Waals surface area (Å²) in [6, 6.07) is 6.48. The maximum absolute atomic E-state index is 12.2. The molecule has 2 amide bonds. The number of urea groups is 1. The van der Waals surface area contributed by atoms with Gasteiger partial charge < -0.3 is 19.9 Å². The monoisotopic (exact) mass is 386 g/mol. The molecule has 1 aromatic carbocycles. The van der Waals surface area contributed by atoms with Crippen LogP contribution in [-0.2, 0) is 0 Å². The van der Waals surface area contributed by atoms with Crippen LogP contribution in [0.4, 0.5) is 23.7 Å². The van der Waals surface area contributed by atoms with Gasteiger partial charge in [-0.1, -0.05) is 0 Å². The van der Waals surface area contributed by atoms with Crippen LogP contribution in [-0.4, -0.2) is 73.5 Å². The molecule has 0 radical (unpaired) electrons. The van der Waals surface area contributed by atoms with Gasteiger partial charge in [-0.2, -0.15) is 0 Å². The minimum Gasteiger partial charge on any atom is -0.406 e. The number of carbonyl (C=O) groups excluding carboxylic acids is 1. The van der Waals surface area contributed by atoms with Crippen molar-refractivity contribution < 1.29 is 22.7 Å². The fourth-order valence-corrected chi connectivity index (χ4v) is 3.39. The SMILES string of the molecule is CC(C)NC(=O)N1CC(N2CCN(c3ccc(OC(F)(F)F)cc3)CC2)C1. The number of amides is 2. The lowest BCUT2D eigenvalue weighted by Gasteiger charge is -2.48. The largest absolute Gasteiger partial charge is 0.573 e. The maximum atomic E-state index is 12.2. The Bertz CT molecular complexity index is 637. The minimum absolute atomic E-state index is 0.0129. The molecule has 1 N–H and O–H groups in total. The van der Waals surface area contributed by atoms with Crippen molar-refractivity contribution in [1.29, 1.82) is 0 Å². The number of nitrogens with one attached hydrogen (secondary N) is 1. The maximum Gasteiger partial charge on any atom is 0.573 e. The highest BCUT2D eigenvalue weighted by atomic mass is 19.4. The van der Waals surface area contributed by atoms with Gasteiger partial charge in [-0.05, 0) is 38.1 Å². The van der Waals surface area contributed by atoms with Gasteiger partial charge in [0.05, 0.1) is 0 Å². The van der Waals surface area contributed by atoms with Crippen molar-refractivity contribution in [3.63, 3.8) is 0 Å². The second-order valence-corrected chi connectivity index (χ2v) is 7.23. The molecule has 3 rings (SSSR count). The van der Waals surface area contributed by atoms with Crippen LogP contribution in [0.5, 0.6) is 5.75 Å². The molecule has 0 saturated carbocycles. The Kier molecular flexibility index (Phi) is 5.69. The summed E-state index contributed by atoms with van der Waals surface area (Å²) in [7, 11) is 0. The summed E-state index contributed by atoms with van der Waals surface area (Å²) in [4.78, 5) is 18.3. The lowest BCUT2D eigenvalue weighted by atomic mass is 10.1. The number of hydrogen-bond donors (Lipinski definition) is 1. The smallest absolute Gasteiger partial charge is 0.406 e. The Morgan fingerprint density at radius 2 is 1.70 bits per heavy atom. The van der Waals surface area contributed by atoms with Gasteiger partial charge in [0.15, 0.2) is 0 Å². The number of alkyl halides is 3. The summed E-state index contributed by atoms with van der Waals surface area (Å²) in [6.07, 6.45) is -4.67. The van der Waals surface area contributed by atoms with Gasteiger partial charge in [0.25, 0.3) is 0 Å². The molecule has 0 aliphatic carbocycles. The number of rotatable bonds is 4. The zero-order chi connectivity index (χ0) is 19.6. The summed E-state index contributed by atoms with van der Waals surface area (Å²) in [6.45, 7) is 8.69. The van der Waals surface area contributed by atoms with E-state index in [1.54, 1.807) is 12.1 Å². The van der Waals surface area contributed by atoms with E-state index in [4.69, 9.17) is 0 Å². The predicted octanol–water partition coefficient (Wildman–Crippen LogP) is 2.51. The summed E-state index contributed by atoms with van der Waals surface area (Å²) in [5.41, 5.74) is 0.885. The minimum atomic E-state index is -4.67. The van der Waals surface area contributed by atoms with Crippen molar-refractivity contribution in [3.8, 4) is 5.75 Å². The Hall–Kier alpha value is -2.16. The number of benzene rings is 1. The second kappa shape index (κ2) is 7.84. The van der Waals surface area contributed by atoms with Gasteiger partial charge in [-0.3, -0.25) is 4.90 Å². The summed E-state index contributed by atoms with van der Waals surface area (Å²) in [5.74, 6) is -0.209. The van der Waals surface area contributed by atoms with Gasteiger partial charge >= 0.3 is 12.4 Å². The number of likely N-dealkylation sites (tertiary alicyclic amines) is 1. The number of anilines is 1. The normalized spacial score (nSPS) is 19.2. The highest BCUT2D eigenvalue weighted by molar-refractivity contribution is 5.75. The van der Waals surface area contributed by atoms with Gasteiger partial charge in [0.2, 0.25) is 0 Å². The van der Waals surface area contributed by atoms with Crippen LogP contribution in [0.2, 0.25) is 0 Å². The van der Waals surface area contributed by atoms with E-state index in [-0.39, 0.29) is 17.8 Å². The molecule has 1 aromatic rings. The molecular formula is C18H25F3N4O2. The van der Waals surface area contributed by atoms with E-state index in [0.717, 1.165) is 45.0 Å². The number of halogens is 3. The first kappa shape index (κ1) is 19.6. The van der Waals surface area contributed by atoms with Crippen LogP contribution in [0.25, 0.3) is 0 Å². The third-order valence-electron chi connectivity index (χ3n) is 4.83. The van der Waals surface area contributed by atoms with Crippen molar-refractivity contribution in [2.24, 2.45) is 0 Å². The van der Waals surface area contributed by atoms with Crippen molar-refractivity contribution >= 4 is 11.7 Å². The average Bonchev–Trinajstić information content (AvgIpc) is 2.53. The van der Waals surface area contributed by atoms with E-state index >= 15 is 0 Å². The van der Waals surface area contributed by atoms with Crippen molar-refractivity contribution in [2.75, 3.05) is 44.2 Å². The molecule has 0 aromatic heterocycles. The van der Waals surface area contributed by atoms with E-state index in [2.05, 4.69) is 19.9 Å². The van der Waals surface area contributed by atoms with Crippen molar-refractivity contribution in [3.05, 3.63) is 24.3 Å². The Labute approximate surface area is 156 Å². The fourth-order valence-electron chi connectivity index (χ4n) is 3.39. The van der Waals surface area contributed by atoms with Crippen LogP contribution < -0.4 is 15.0 Å². The van der Waals surface area contributed by atoms with Gasteiger partial charge in [-0.25, -0.2) is 4.79 Å². The van der Waals surface area contributed by atoms with Crippen LogP contribution in [0.1, 0.15) is 13.8 Å². The number of nitrogens with zero attached hydrogens (tertiary/aromatic N) is 3. The second-order valence-electron chi connectivity index (χ2n) is 7.23. The van der Waals surface area contributed by atoms with E-state index < -0.39 is 6.36 Å². The summed E-state index contributed by atoms with van der Waals surface area (Å²) < 4.78 is 40.6. The van der Waals surface area contributed by atoms with E-state index in [1.807, 2.05) is 18.7 Å². The number of piperazine rings is 1. The van der Waals surface area contributed by atoms with Crippen LogP contribution in [0, 0.1) is 0 Å². The lowest BCUT2D eigenvalue weighted by Crippen LogP contribution is -2.65. The van der Waals surface area contributed by atoms with Crippen LogP contribution >= 0.6 is 0 Å². The lowest BCUT2D eigenvalue weighted by molar-refractivity contribution is -0.274. The number of hydrogen-bond acceptors (Lipinski definition) is 4. The average molecular weight is 386 g/mol. The zero-order valence-corrected chi connectivity index (χ0v) is 15.5. The molecule has 0 spiro atoms. The molecule has 27 heavy (non-hydrogen) atoms. The van der Waals surface area contributed by atoms with Gasteiger partial charge in [-0.15, -0.1) is 13.2 Å². The Balaban J connectivity index is 1.44. The van der Waals surface area contributed by atoms with Crippen molar-refractivity contribution in [1.82, 2.24) is 15.1 Å². The molecule has 2 heterocycles. The number of carbonyl (C=O) groups is 1. The molecule has 2 fully saturated rings. The Morgan fingerprint density at radius 1 is 1.11 bits per heavy atom. The predicted molar refractivity (Wildman–Crippen MR) is 95.9 cm³/mol. The highest BCUT2D eigenvalue weighted by Gasteiger charge is 2.36. The molecule has 0 atom stereocenters. The van der Waals surface area contributed by atoms with E-state index in [0.29, 0.717) is 6.04 Å². The molecule has 2 aliphatic heterocycles. The third-order valence-corrected chi connectivity index (χ3v) is 4.83. The zero-order valence-electron chi connectivity index (χ0n) is 15.5. The third kappa shape index (κ3) is 5.18. The quantitative estimate of drug-likeness (QED) is 0.864. The van der Waals surface area contributed by atoms with Crippen molar-refractivity contribution in [2.45, 2.75) is 32.3 Å². The highest BCUT2D eigenvalue weighted by Crippen LogP contribution is 2.26.